The largest absolute Gasteiger partial charge is 0.335 e. The van der Waals surface area contributed by atoms with Gasteiger partial charge in [0.15, 0.2) is 0 Å². The standard InChI is InChI=1S/C21H26FN5O2S/c22-15-8-10-17(11-9-15)23-18(28)20-26-25-19(30-20)14-5-4-12-27(13-14)21(29)24-16-6-2-1-3-7-16/h8-11,14,16H,1-7,12-13H2,(H,23,28)(H,24,29)/t14-/m1/s1. The van der Waals surface area contributed by atoms with E-state index >= 15 is 0 Å². The minimum atomic E-state index is -0.368. The highest BCUT2D eigenvalue weighted by Crippen LogP contribution is 2.29. The number of nitrogens with zero attached hydrogens (tertiary/aromatic N) is 3. The van der Waals surface area contributed by atoms with Gasteiger partial charge in [-0.05, 0) is 49.9 Å². The van der Waals surface area contributed by atoms with Gasteiger partial charge in [-0.3, -0.25) is 4.79 Å². The molecule has 1 atom stereocenters. The number of hydrogen-bond donors (Lipinski definition) is 2. The van der Waals surface area contributed by atoms with E-state index in [2.05, 4.69) is 20.8 Å². The van der Waals surface area contributed by atoms with Gasteiger partial charge < -0.3 is 15.5 Å². The lowest BCUT2D eigenvalue weighted by Gasteiger charge is -2.33. The van der Waals surface area contributed by atoms with Gasteiger partial charge in [-0.2, -0.15) is 0 Å². The summed E-state index contributed by atoms with van der Waals surface area (Å²) in [6.45, 7) is 1.33. The Balaban J connectivity index is 1.34. The van der Waals surface area contributed by atoms with Crippen LogP contribution in [0.3, 0.4) is 0 Å². The van der Waals surface area contributed by atoms with Crippen molar-refractivity contribution in [2.24, 2.45) is 0 Å². The number of aromatic nitrogens is 2. The van der Waals surface area contributed by atoms with Crippen molar-refractivity contribution < 1.29 is 14.0 Å². The molecular formula is C21H26FN5O2S. The molecule has 0 radical (unpaired) electrons. The van der Waals surface area contributed by atoms with E-state index in [1.54, 1.807) is 0 Å². The molecule has 1 saturated heterocycles. The first-order chi connectivity index (χ1) is 14.6. The van der Waals surface area contributed by atoms with Crippen molar-refractivity contribution >= 4 is 29.0 Å². The molecule has 1 aliphatic carbocycles. The fourth-order valence-corrected chi connectivity index (χ4v) is 4.95. The second kappa shape index (κ2) is 9.51. The molecule has 0 bridgehead atoms. The van der Waals surface area contributed by atoms with Crippen LogP contribution in [-0.4, -0.2) is 46.2 Å². The van der Waals surface area contributed by atoms with Crippen LogP contribution in [0.1, 0.15) is 65.7 Å². The summed E-state index contributed by atoms with van der Waals surface area (Å²) in [5.74, 6) is -0.644. The number of rotatable bonds is 4. The molecule has 2 fully saturated rings. The van der Waals surface area contributed by atoms with Crippen LogP contribution in [0.2, 0.25) is 0 Å². The van der Waals surface area contributed by atoms with Crippen molar-refractivity contribution in [2.75, 3.05) is 18.4 Å². The Labute approximate surface area is 179 Å². The maximum atomic E-state index is 13.0. The minimum absolute atomic E-state index is 0.00499. The first-order valence-electron chi connectivity index (χ1n) is 10.5. The van der Waals surface area contributed by atoms with Gasteiger partial charge in [0.05, 0.1) is 0 Å². The van der Waals surface area contributed by atoms with Crippen LogP contribution >= 0.6 is 11.3 Å². The summed E-state index contributed by atoms with van der Waals surface area (Å²) in [5.41, 5.74) is 0.501. The molecule has 1 saturated carbocycles. The van der Waals surface area contributed by atoms with Crippen molar-refractivity contribution in [3.8, 4) is 0 Å². The van der Waals surface area contributed by atoms with Gasteiger partial charge >= 0.3 is 6.03 Å². The monoisotopic (exact) mass is 431 g/mol. The highest BCUT2D eigenvalue weighted by atomic mass is 32.1. The Morgan fingerprint density at radius 2 is 1.80 bits per heavy atom. The number of urea groups is 1. The zero-order valence-corrected chi connectivity index (χ0v) is 17.6. The number of anilines is 1. The zero-order valence-electron chi connectivity index (χ0n) is 16.8. The first kappa shape index (κ1) is 20.7. The highest BCUT2D eigenvalue weighted by molar-refractivity contribution is 7.13. The number of halogens is 1. The maximum Gasteiger partial charge on any atom is 0.317 e. The molecule has 1 aromatic carbocycles. The van der Waals surface area contributed by atoms with Gasteiger partial charge in [0.1, 0.15) is 10.8 Å². The number of carbonyl (C=O) groups excluding carboxylic acids is 2. The number of carbonyl (C=O) groups is 2. The number of benzene rings is 1. The second-order valence-electron chi connectivity index (χ2n) is 7.98. The Bertz CT molecular complexity index is 882. The average molecular weight is 432 g/mol. The smallest absolute Gasteiger partial charge is 0.317 e. The third-order valence-electron chi connectivity index (χ3n) is 5.73. The van der Waals surface area contributed by atoms with Gasteiger partial charge in [0.25, 0.3) is 5.91 Å². The Kier molecular flexibility index (Phi) is 6.56. The van der Waals surface area contributed by atoms with E-state index in [9.17, 15) is 14.0 Å². The summed E-state index contributed by atoms with van der Waals surface area (Å²) >= 11 is 1.25. The van der Waals surface area contributed by atoms with Crippen molar-refractivity contribution in [2.45, 2.75) is 56.9 Å². The van der Waals surface area contributed by atoms with E-state index in [1.807, 2.05) is 4.90 Å². The molecule has 30 heavy (non-hydrogen) atoms. The van der Waals surface area contributed by atoms with Crippen molar-refractivity contribution in [3.05, 3.63) is 40.1 Å². The van der Waals surface area contributed by atoms with E-state index in [1.165, 1.54) is 54.9 Å². The Hall–Kier alpha value is -2.55. The van der Waals surface area contributed by atoms with E-state index in [0.717, 1.165) is 37.2 Å². The number of nitrogens with one attached hydrogen (secondary N) is 2. The van der Waals surface area contributed by atoms with Crippen molar-refractivity contribution in [3.63, 3.8) is 0 Å². The number of amides is 3. The lowest BCUT2D eigenvalue weighted by molar-refractivity contribution is 0.102. The van der Waals surface area contributed by atoms with Gasteiger partial charge in [-0.25, -0.2) is 9.18 Å². The van der Waals surface area contributed by atoms with Crippen LogP contribution in [0, 0.1) is 5.82 Å². The molecular weight excluding hydrogens is 405 g/mol. The predicted octanol–water partition coefficient (Wildman–Crippen LogP) is 4.15. The molecule has 0 unspecified atom stereocenters. The average Bonchev–Trinajstić information content (AvgIpc) is 3.27. The third-order valence-corrected chi connectivity index (χ3v) is 6.81. The van der Waals surface area contributed by atoms with E-state index in [4.69, 9.17) is 0 Å². The molecule has 2 N–H and O–H groups in total. The molecule has 7 nitrogen and oxygen atoms in total. The summed E-state index contributed by atoms with van der Waals surface area (Å²) in [7, 11) is 0. The summed E-state index contributed by atoms with van der Waals surface area (Å²) < 4.78 is 13.0. The first-order valence-corrected chi connectivity index (χ1v) is 11.4. The quantitative estimate of drug-likeness (QED) is 0.761. The molecule has 2 heterocycles. The summed E-state index contributed by atoms with van der Waals surface area (Å²) in [5, 5.41) is 15.2. The van der Waals surface area contributed by atoms with Gasteiger partial charge in [-0.15, -0.1) is 10.2 Å². The van der Waals surface area contributed by atoms with Crippen LogP contribution in [0.4, 0.5) is 14.9 Å². The van der Waals surface area contributed by atoms with Crippen LogP contribution < -0.4 is 10.6 Å². The van der Waals surface area contributed by atoms with Crippen LogP contribution in [0.5, 0.6) is 0 Å². The van der Waals surface area contributed by atoms with Crippen LogP contribution in [-0.2, 0) is 0 Å². The van der Waals surface area contributed by atoms with Gasteiger partial charge in [0, 0.05) is 30.7 Å². The minimum Gasteiger partial charge on any atom is -0.335 e. The van der Waals surface area contributed by atoms with Gasteiger partial charge in [-0.1, -0.05) is 30.6 Å². The fourth-order valence-electron chi connectivity index (χ4n) is 4.09. The lowest BCUT2D eigenvalue weighted by Crippen LogP contribution is -2.48. The van der Waals surface area contributed by atoms with Crippen molar-refractivity contribution in [1.29, 1.82) is 0 Å². The van der Waals surface area contributed by atoms with E-state index < -0.39 is 0 Å². The van der Waals surface area contributed by atoms with Crippen molar-refractivity contribution in [1.82, 2.24) is 20.4 Å². The SMILES string of the molecule is O=C(Nc1ccc(F)cc1)c1nnc([C@@H]2CCCN(C(=O)NC3CCCCC3)C2)s1. The van der Waals surface area contributed by atoms with Crippen LogP contribution in [0.15, 0.2) is 24.3 Å². The summed E-state index contributed by atoms with van der Waals surface area (Å²) in [4.78, 5) is 27.0. The molecule has 9 heteroatoms. The molecule has 2 aliphatic rings. The third kappa shape index (κ3) is 5.13. The normalized spacial score (nSPS) is 20.0. The number of hydrogen-bond acceptors (Lipinski definition) is 5. The molecule has 1 aromatic heterocycles. The number of likely N-dealkylation sites (tertiary alicyclic amines) is 1. The zero-order chi connectivity index (χ0) is 20.9. The Morgan fingerprint density at radius 3 is 2.57 bits per heavy atom. The molecule has 0 spiro atoms. The van der Waals surface area contributed by atoms with Gasteiger partial charge in [0.2, 0.25) is 5.01 Å². The molecule has 160 valence electrons. The lowest BCUT2D eigenvalue weighted by atomic mass is 9.95. The fraction of sp³-hybridized carbons (Fsp3) is 0.524. The van der Waals surface area contributed by atoms with E-state index in [-0.39, 0.29) is 34.7 Å². The Morgan fingerprint density at radius 1 is 1.03 bits per heavy atom. The highest BCUT2D eigenvalue weighted by Gasteiger charge is 2.29. The molecule has 3 amide bonds. The number of piperidine rings is 1. The molecule has 4 rings (SSSR count). The molecule has 1 aliphatic heterocycles. The summed E-state index contributed by atoms with van der Waals surface area (Å²) in [6.07, 6.45) is 7.56. The maximum absolute atomic E-state index is 13.0. The molecule has 2 aromatic rings. The predicted molar refractivity (Wildman–Crippen MR) is 113 cm³/mol. The van der Waals surface area contributed by atoms with Crippen LogP contribution in [0.25, 0.3) is 0 Å². The summed E-state index contributed by atoms with van der Waals surface area (Å²) in [6, 6.07) is 5.87. The second-order valence-corrected chi connectivity index (χ2v) is 8.99. The van der Waals surface area contributed by atoms with E-state index in [0.29, 0.717) is 12.2 Å². The topological polar surface area (TPSA) is 87.2 Å².